The van der Waals surface area contributed by atoms with Crippen molar-refractivity contribution in [3.63, 3.8) is 0 Å². The lowest BCUT2D eigenvalue weighted by molar-refractivity contribution is 0.173. The van der Waals surface area contributed by atoms with E-state index in [1.165, 1.54) is 0 Å². The number of alkyl halides is 1. The van der Waals surface area contributed by atoms with Crippen LogP contribution in [0.4, 0.5) is 0 Å². The second-order valence-electron chi connectivity index (χ2n) is 1.27. The van der Waals surface area contributed by atoms with Crippen LogP contribution in [0.1, 0.15) is 0 Å². The van der Waals surface area contributed by atoms with E-state index >= 15 is 0 Å². The van der Waals surface area contributed by atoms with E-state index in [0.29, 0.717) is 0 Å². The molecule has 2 atom stereocenters. The fraction of sp³-hybridized carbons (Fsp3) is 0.750. The molecule has 0 aliphatic carbocycles. The molecular formula is C4H8ClO2. The highest BCUT2D eigenvalue weighted by Gasteiger charge is 2.07. The Labute approximate surface area is 47.7 Å². The highest BCUT2D eigenvalue weighted by Crippen LogP contribution is 1.98. The Morgan fingerprint density at radius 1 is 1.71 bits per heavy atom. The van der Waals surface area contributed by atoms with Gasteiger partial charge in [0, 0.05) is 0 Å². The molecule has 0 amide bonds. The van der Waals surface area contributed by atoms with E-state index in [4.69, 9.17) is 21.8 Å². The van der Waals surface area contributed by atoms with Crippen LogP contribution in [0, 0.1) is 6.92 Å². The van der Waals surface area contributed by atoms with Crippen LogP contribution in [-0.2, 0) is 0 Å². The molecule has 7 heavy (non-hydrogen) atoms. The molecule has 0 aliphatic rings. The highest BCUT2D eigenvalue weighted by atomic mass is 35.5. The number of aliphatic hydroxyl groups excluding tert-OH is 2. The molecule has 2 nitrogen and oxygen atoms in total. The van der Waals surface area contributed by atoms with Gasteiger partial charge in [-0.2, -0.15) is 0 Å². The molecule has 0 aromatic rings. The largest absolute Gasteiger partial charge is 0.395 e. The summed E-state index contributed by atoms with van der Waals surface area (Å²) in [5.41, 5.74) is 0. The lowest BCUT2D eigenvalue weighted by atomic mass is 10.3. The van der Waals surface area contributed by atoms with Gasteiger partial charge >= 0.3 is 0 Å². The van der Waals surface area contributed by atoms with Crippen LogP contribution in [0.25, 0.3) is 0 Å². The van der Waals surface area contributed by atoms with E-state index in [0.717, 1.165) is 0 Å². The second-order valence-corrected chi connectivity index (χ2v) is 1.83. The number of halogens is 1. The average molecular weight is 124 g/mol. The minimum Gasteiger partial charge on any atom is -0.395 e. The van der Waals surface area contributed by atoms with Gasteiger partial charge in [0.05, 0.1) is 18.1 Å². The first-order valence-electron chi connectivity index (χ1n) is 1.94. The molecule has 0 rings (SSSR count). The van der Waals surface area contributed by atoms with Crippen LogP contribution < -0.4 is 0 Å². The first kappa shape index (κ1) is 7.21. The van der Waals surface area contributed by atoms with Gasteiger partial charge in [0.2, 0.25) is 0 Å². The molecular weight excluding hydrogens is 115 g/mol. The Morgan fingerprint density at radius 3 is 2.14 bits per heavy atom. The summed E-state index contributed by atoms with van der Waals surface area (Å²) in [5.74, 6) is 0. The number of hydrogen-bond acceptors (Lipinski definition) is 2. The van der Waals surface area contributed by atoms with Crippen LogP contribution in [0.3, 0.4) is 0 Å². The lowest BCUT2D eigenvalue weighted by Gasteiger charge is -2.06. The minimum atomic E-state index is -0.869. The van der Waals surface area contributed by atoms with Gasteiger partial charge in [0.1, 0.15) is 0 Å². The van der Waals surface area contributed by atoms with Crippen LogP contribution in [-0.4, -0.2) is 28.3 Å². The van der Waals surface area contributed by atoms with Gasteiger partial charge in [0.25, 0.3) is 0 Å². The monoisotopic (exact) mass is 123 g/mol. The third kappa shape index (κ3) is 2.85. The Balaban J connectivity index is 3.14. The van der Waals surface area contributed by atoms with Gasteiger partial charge < -0.3 is 10.2 Å². The fourth-order valence-corrected chi connectivity index (χ4v) is 0.122. The van der Waals surface area contributed by atoms with Gasteiger partial charge in [0.15, 0.2) is 0 Å². The molecule has 3 heteroatoms. The summed E-state index contributed by atoms with van der Waals surface area (Å²) in [6.07, 6.45) is -0.869. The average Bonchev–Trinajstić information content (AvgIpc) is 1.65. The van der Waals surface area contributed by atoms with E-state index in [1.807, 2.05) is 0 Å². The lowest BCUT2D eigenvalue weighted by Crippen LogP contribution is -2.20. The van der Waals surface area contributed by atoms with Crippen molar-refractivity contribution in [3.8, 4) is 0 Å². The summed E-state index contributed by atoms with van der Waals surface area (Å²) in [6.45, 7) is 2.94. The van der Waals surface area contributed by atoms with Gasteiger partial charge in [-0.3, -0.25) is 0 Å². The van der Waals surface area contributed by atoms with Crippen molar-refractivity contribution in [2.24, 2.45) is 0 Å². The van der Waals surface area contributed by atoms with Crippen LogP contribution in [0.2, 0.25) is 0 Å². The fourth-order valence-electron chi connectivity index (χ4n) is 0.122. The summed E-state index contributed by atoms with van der Waals surface area (Å²) < 4.78 is 0. The Kier molecular flexibility index (Phi) is 3.34. The van der Waals surface area contributed by atoms with Gasteiger partial charge in [-0.1, -0.05) is 0 Å². The molecule has 0 aromatic heterocycles. The first-order chi connectivity index (χ1) is 3.18. The minimum absolute atomic E-state index is 0.230. The van der Waals surface area contributed by atoms with Crippen molar-refractivity contribution in [1.82, 2.24) is 0 Å². The zero-order chi connectivity index (χ0) is 5.86. The van der Waals surface area contributed by atoms with Crippen molar-refractivity contribution in [1.29, 1.82) is 0 Å². The standard InChI is InChI=1S/C4H8ClO2/c1-3(7)4(5)2-6/h3-4,6-7H,1-2H2. The third-order valence-corrected chi connectivity index (χ3v) is 1.02. The SMILES string of the molecule is [CH2]C(O)C(Cl)CO. The molecule has 0 aromatic carbocycles. The van der Waals surface area contributed by atoms with E-state index in [2.05, 4.69) is 6.92 Å². The first-order valence-corrected chi connectivity index (χ1v) is 2.38. The molecule has 1 radical (unpaired) electrons. The van der Waals surface area contributed by atoms with E-state index in [-0.39, 0.29) is 6.61 Å². The molecule has 43 valence electrons. The number of rotatable bonds is 2. The Hall–Kier alpha value is 0.210. The maximum Gasteiger partial charge on any atom is 0.0825 e. The normalized spacial score (nSPS) is 18.9. The summed E-state index contributed by atoms with van der Waals surface area (Å²) in [4.78, 5) is 0. The molecule has 0 fully saturated rings. The summed E-state index contributed by atoms with van der Waals surface area (Å²) in [7, 11) is 0. The van der Waals surface area contributed by atoms with Gasteiger partial charge in [-0.25, -0.2) is 0 Å². The maximum absolute atomic E-state index is 8.42. The molecule has 2 N–H and O–H groups in total. The zero-order valence-electron chi connectivity index (χ0n) is 3.84. The third-order valence-electron chi connectivity index (χ3n) is 0.592. The predicted octanol–water partition coefficient (Wildman–Crippen LogP) is -0.219. The topological polar surface area (TPSA) is 40.5 Å². The Morgan fingerprint density at radius 2 is 2.14 bits per heavy atom. The maximum atomic E-state index is 8.42. The van der Waals surface area contributed by atoms with Crippen molar-refractivity contribution >= 4 is 11.6 Å². The van der Waals surface area contributed by atoms with Crippen molar-refractivity contribution < 1.29 is 10.2 Å². The van der Waals surface area contributed by atoms with E-state index in [1.54, 1.807) is 0 Å². The van der Waals surface area contributed by atoms with E-state index in [9.17, 15) is 0 Å². The second kappa shape index (κ2) is 3.24. The summed E-state index contributed by atoms with van der Waals surface area (Å²) in [5, 5.41) is 16.0. The molecule has 0 saturated heterocycles. The number of aliphatic hydroxyl groups is 2. The quantitative estimate of drug-likeness (QED) is 0.499. The van der Waals surface area contributed by atoms with Crippen molar-refractivity contribution in [2.75, 3.05) is 6.61 Å². The highest BCUT2D eigenvalue weighted by molar-refractivity contribution is 6.21. The van der Waals surface area contributed by atoms with Crippen LogP contribution in [0.15, 0.2) is 0 Å². The van der Waals surface area contributed by atoms with Crippen molar-refractivity contribution in [3.05, 3.63) is 6.92 Å². The molecule has 0 bridgehead atoms. The van der Waals surface area contributed by atoms with Crippen LogP contribution in [0.5, 0.6) is 0 Å². The summed E-state index contributed by atoms with van der Waals surface area (Å²) in [6, 6.07) is 0. The molecule has 0 aliphatic heterocycles. The smallest absolute Gasteiger partial charge is 0.0825 e. The van der Waals surface area contributed by atoms with Crippen molar-refractivity contribution in [2.45, 2.75) is 11.5 Å². The molecule has 0 saturated carbocycles. The van der Waals surface area contributed by atoms with Gasteiger partial charge in [-0.15, -0.1) is 11.6 Å². The molecule has 2 unspecified atom stereocenters. The zero-order valence-corrected chi connectivity index (χ0v) is 4.60. The van der Waals surface area contributed by atoms with E-state index < -0.39 is 11.5 Å². The van der Waals surface area contributed by atoms with Gasteiger partial charge in [-0.05, 0) is 6.92 Å². The number of hydrogen-bond donors (Lipinski definition) is 2. The molecule has 0 heterocycles. The Bertz CT molecular complexity index is 47.0. The summed E-state index contributed by atoms with van der Waals surface area (Å²) >= 11 is 5.24. The predicted molar refractivity (Wildman–Crippen MR) is 28.1 cm³/mol. The van der Waals surface area contributed by atoms with Crippen LogP contribution >= 0.6 is 11.6 Å². The molecule has 0 spiro atoms.